The fraction of sp³-hybridized carbons (Fsp3) is 0.176. The van der Waals surface area contributed by atoms with Gasteiger partial charge in [0, 0.05) is 22.9 Å². The van der Waals surface area contributed by atoms with E-state index in [1.54, 1.807) is 40.9 Å². The Balaban J connectivity index is 1.69. The van der Waals surface area contributed by atoms with E-state index in [1.807, 2.05) is 18.2 Å². The summed E-state index contributed by atoms with van der Waals surface area (Å²) in [5.74, 6) is 0.762. The first-order chi connectivity index (χ1) is 10.7. The fourth-order valence-electron chi connectivity index (χ4n) is 2.24. The summed E-state index contributed by atoms with van der Waals surface area (Å²) in [6.45, 7) is 1.28. The number of thioether (sulfide) groups is 1. The van der Waals surface area contributed by atoms with E-state index < -0.39 is 0 Å². The van der Waals surface area contributed by atoms with E-state index in [4.69, 9.17) is 11.6 Å². The minimum absolute atomic E-state index is 0.0423. The zero-order chi connectivity index (χ0) is 15.4. The van der Waals surface area contributed by atoms with Crippen LogP contribution >= 0.6 is 23.4 Å². The average molecular weight is 331 g/mol. The highest BCUT2D eigenvalue weighted by Crippen LogP contribution is 2.22. The van der Waals surface area contributed by atoms with Gasteiger partial charge < -0.3 is 0 Å². The van der Waals surface area contributed by atoms with Crippen LogP contribution in [0.15, 0.2) is 59.6 Å². The Morgan fingerprint density at radius 3 is 2.77 bits per heavy atom. The monoisotopic (exact) mass is 330 g/mol. The van der Waals surface area contributed by atoms with Gasteiger partial charge in [-0.2, -0.15) is 0 Å². The number of benzene rings is 2. The Morgan fingerprint density at radius 1 is 1.18 bits per heavy atom. The van der Waals surface area contributed by atoms with Gasteiger partial charge in [-0.05, 0) is 23.8 Å². The van der Waals surface area contributed by atoms with Crippen molar-refractivity contribution in [2.75, 3.05) is 13.1 Å². The standard InChI is InChI=1S/C17H15ClN2OS/c18-15-8-4-7-14(11-15)16(21)20-10-9-19-17(20)22-12-13-5-2-1-3-6-13/h1-8,11H,9-10,12H2. The first-order valence-corrected chi connectivity index (χ1v) is 8.39. The summed E-state index contributed by atoms with van der Waals surface area (Å²) >= 11 is 7.56. The Bertz CT molecular complexity index is 703. The van der Waals surface area contributed by atoms with Crippen molar-refractivity contribution in [1.29, 1.82) is 0 Å². The number of hydrogen-bond donors (Lipinski definition) is 0. The van der Waals surface area contributed by atoms with E-state index >= 15 is 0 Å². The molecule has 0 saturated carbocycles. The van der Waals surface area contributed by atoms with E-state index in [9.17, 15) is 4.79 Å². The molecule has 0 aliphatic carbocycles. The highest BCUT2D eigenvalue weighted by atomic mass is 35.5. The van der Waals surface area contributed by atoms with Gasteiger partial charge in [0.2, 0.25) is 0 Å². The van der Waals surface area contributed by atoms with Crippen LogP contribution in [0, 0.1) is 0 Å². The van der Waals surface area contributed by atoms with Gasteiger partial charge in [0.1, 0.15) is 0 Å². The van der Waals surface area contributed by atoms with Gasteiger partial charge in [0.15, 0.2) is 5.17 Å². The molecule has 112 valence electrons. The molecule has 1 amide bonds. The van der Waals surface area contributed by atoms with E-state index in [0.29, 0.717) is 23.7 Å². The maximum atomic E-state index is 12.6. The van der Waals surface area contributed by atoms with E-state index in [2.05, 4.69) is 17.1 Å². The lowest BCUT2D eigenvalue weighted by molar-refractivity contribution is 0.0860. The molecule has 1 heterocycles. The fourth-order valence-corrected chi connectivity index (χ4v) is 3.43. The van der Waals surface area contributed by atoms with Gasteiger partial charge in [0.25, 0.3) is 5.91 Å². The average Bonchev–Trinajstić information content (AvgIpc) is 3.01. The molecule has 0 atom stereocenters. The van der Waals surface area contributed by atoms with Gasteiger partial charge >= 0.3 is 0 Å². The maximum Gasteiger partial charge on any atom is 0.259 e. The molecule has 0 unspecified atom stereocenters. The molecule has 0 radical (unpaired) electrons. The van der Waals surface area contributed by atoms with Gasteiger partial charge in [-0.15, -0.1) is 0 Å². The Morgan fingerprint density at radius 2 is 2.00 bits per heavy atom. The van der Waals surface area contributed by atoms with Crippen LogP contribution in [0.1, 0.15) is 15.9 Å². The van der Waals surface area contributed by atoms with Crippen molar-refractivity contribution in [2.24, 2.45) is 4.99 Å². The lowest BCUT2D eigenvalue weighted by Crippen LogP contribution is -2.32. The third-order valence-electron chi connectivity index (χ3n) is 3.33. The zero-order valence-electron chi connectivity index (χ0n) is 11.9. The molecule has 5 heteroatoms. The van der Waals surface area contributed by atoms with Gasteiger partial charge in [0.05, 0.1) is 6.54 Å². The molecule has 0 N–H and O–H groups in total. The summed E-state index contributed by atoms with van der Waals surface area (Å²) in [5.41, 5.74) is 1.82. The number of carbonyl (C=O) groups excluding carboxylic acids is 1. The normalized spacial score (nSPS) is 14.0. The third-order valence-corrected chi connectivity index (χ3v) is 4.65. The molecular formula is C17H15ClN2OS. The topological polar surface area (TPSA) is 32.7 Å². The van der Waals surface area contributed by atoms with Crippen molar-refractivity contribution in [3.8, 4) is 0 Å². The number of rotatable bonds is 3. The maximum absolute atomic E-state index is 12.6. The summed E-state index contributed by atoms with van der Waals surface area (Å²) in [7, 11) is 0. The van der Waals surface area contributed by atoms with Gasteiger partial charge in [-0.3, -0.25) is 14.7 Å². The molecule has 0 spiro atoms. The van der Waals surface area contributed by atoms with Crippen molar-refractivity contribution in [3.63, 3.8) is 0 Å². The summed E-state index contributed by atoms with van der Waals surface area (Å²) in [6, 6.07) is 17.2. The number of halogens is 1. The molecule has 2 aromatic carbocycles. The first-order valence-electron chi connectivity index (χ1n) is 7.02. The van der Waals surface area contributed by atoms with Crippen molar-refractivity contribution >= 4 is 34.4 Å². The Labute approximate surface area is 139 Å². The van der Waals surface area contributed by atoms with Crippen molar-refractivity contribution < 1.29 is 4.79 Å². The molecule has 1 aliphatic rings. The van der Waals surface area contributed by atoms with E-state index in [0.717, 1.165) is 10.9 Å². The molecule has 0 bridgehead atoms. The molecule has 2 aromatic rings. The number of amidine groups is 1. The van der Waals surface area contributed by atoms with Crippen LogP contribution < -0.4 is 0 Å². The highest BCUT2D eigenvalue weighted by Gasteiger charge is 2.25. The minimum Gasteiger partial charge on any atom is -0.286 e. The number of carbonyl (C=O) groups is 1. The van der Waals surface area contributed by atoms with Crippen molar-refractivity contribution in [2.45, 2.75) is 5.75 Å². The third kappa shape index (κ3) is 3.51. The van der Waals surface area contributed by atoms with Crippen LogP contribution in [0.3, 0.4) is 0 Å². The number of aliphatic imine (C=N–C) groups is 1. The molecule has 0 aromatic heterocycles. The summed E-state index contributed by atoms with van der Waals surface area (Å²) in [5, 5.41) is 1.36. The summed E-state index contributed by atoms with van der Waals surface area (Å²) < 4.78 is 0. The van der Waals surface area contributed by atoms with Crippen molar-refractivity contribution in [3.05, 3.63) is 70.7 Å². The predicted octanol–water partition coefficient (Wildman–Crippen LogP) is 4.09. The molecule has 3 nitrogen and oxygen atoms in total. The number of nitrogens with zero attached hydrogens (tertiary/aromatic N) is 2. The van der Waals surface area contributed by atoms with E-state index in [1.165, 1.54) is 5.56 Å². The van der Waals surface area contributed by atoms with Gasteiger partial charge in [-0.1, -0.05) is 59.8 Å². The molecule has 0 saturated heterocycles. The predicted molar refractivity (Wildman–Crippen MR) is 92.5 cm³/mol. The molecule has 1 aliphatic heterocycles. The molecule has 22 heavy (non-hydrogen) atoms. The second-order valence-electron chi connectivity index (χ2n) is 4.91. The molecule has 3 rings (SSSR count). The quantitative estimate of drug-likeness (QED) is 0.849. The Hall–Kier alpha value is -1.78. The van der Waals surface area contributed by atoms with Crippen LogP contribution in [0.5, 0.6) is 0 Å². The minimum atomic E-state index is -0.0423. The highest BCUT2D eigenvalue weighted by molar-refractivity contribution is 8.13. The van der Waals surface area contributed by atoms with Crippen LogP contribution in [-0.2, 0) is 5.75 Å². The van der Waals surface area contributed by atoms with Crippen LogP contribution in [0.4, 0.5) is 0 Å². The van der Waals surface area contributed by atoms with Crippen LogP contribution in [-0.4, -0.2) is 29.1 Å². The smallest absolute Gasteiger partial charge is 0.259 e. The van der Waals surface area contributed by atoms with E-state index in [-0.39, 0.29) is 5.91 Å². The molecular weight excluding hydrogens is 316 g/mol. The van der Waals surface area contributed by atoms with Crippen LogP contribution in [0.2, 0.25) is 5.02 Å². The van der Waals surface area contributed by atoms with Crippen molar-refractivity contribution in [1.82, 2.24) is 4.90 Å². The second kappa shape index (κ2) is 6.99. The zero-order valence-corrected chi connectivity index (χ0v) is 13.5. The lowest BCUT2D eigenvalue weighted by Gasteiger charge is -2.18. The number of amides is 1. The Kier molecular flexibility index (Phi) is 4.80. The number of hydrogen-bond acceptors (Lipinski definition) is 3. The van der Waals surface area contributed by atoms with Gasteiger partial charge in [-0.25, -0.2) is 0 Å². The largest absolute Gasteiger partial charge is 0.286 e. The lowest BCUT2D eigenvalue weighted by atomic mass is 10.2. The second-order valence-corrected chi connectivity index (χ2v) is 6.28. The first kappa shape index (κ1) is 15.1. The SMILES string of the molecule is O=C(c1cccc(Cl)c1)N1CCN=C1SCc1ccccc1. The summed E-state index contributed by atoms with van der Waals surface area (Å²) in [4.78, 5) is 18.8. The van der Waals surface area contributed by atoms with Crippen LogP contribution in [0.25, 0.3) is 0 Å². The summed E-state index contributed by atoms with van der Waals surface area (Å²) in [6.07, 6.45) is 0. The molecule has 0 fully saturated rings.